The third-order valence-electron chi connectivity index (χ3n) is 2.06. The van der Waals surface area contributed by atoms with Gasteiger partial charge in [0.15, 0.2) is 4.73 Å². The Labute approximate surface area is 133 Å². The molecule has 1 N–H and O–H groups in total. The average molecular weight is 380 g/mol. The van der Waals surface area contributed by atoms with Gasteiger partial charge in [0.05, 0.1) is 17.9 Å². The summed E-state index contributed by atoms with van der Waals surface area (Å²) in [6.07, 6.45) is -0.503. The smallest absolute Gasteiger partial charge is 0.339 e. The number of hydrogen-bond donors (Lipinski definition) is 1. The highest BCUT2D eigenvalue weighted by Crippen LogP contribution is 2.52. The normalized spacial score (nSPS) is 11.9. The molecular formula is C13H19BrNO3PS. The van der Waals surface area contributed by atoms with Crippen LogP contribution in [0.2, 0.25) is 0 Å². The number of nitrogens with one attached hydrogen (secondary N) is 1. The zero-order chi connectivity index (χ0) is 15.3. The van der Waals surface area contributed by atoms with Gasteiger partial charge in [0.1, 0.15) is 0 Å². The predicted molar refractivity (Wildman–Crippen MR) is 90.4 cm³/mol. The van der Waals surface area contributed by atoms with Crippen molar-refractivity contribution in [1.29, 1.82) is 0 Å². The van der Waals surface area contributed by atoms with Gasteiger partial charge in [-0.05, 0) is 55.8 Å². The van der Waals surface area contributed by atoms with Gasteiger partial charge < -0.3 is 14.4 Å². The number of anilines is 1. The Morgan fingerprint density at radius 1 is 1.20 bits per heavy atom. The van der Waals surface area contributed by atoms with Gasteiger partial charge >= 0.3 is 7.60 Å². The van der Waals surface area contributed by atoms with Crippen LogP contribution >= 0.6 is 35.7 Å². The van der Waals surface area contributed by atoms with Gasteiger partial charge in [-0.2, -0.15) is 0 Å². The molecule has 0 radical (unpaired) electrons. The summed E-state index contributed by atoms with van der Waals surface area (Å²) in [4.78, 5) is 0. The zero-order valence-corrected chi connectivity index (χ0v) is 15.2. The quantitative estimate of drug-likeness (QED) is 0.544. The molecule has 0 fully saturated rings. The zero-order valence-electron chi connectivity index (χ0n) is 11.9. The maximum absolute atomic E-state index is 12.8. The summed E-state index contributed by atoms with van der Waals surface area (Å²) in [5.74, 6) is 0. The lowest BCUT2D eigenvalue weighted by Gasteiger charge is -2.24. The molecule has 1 aromatic rings. The van der Waals surface area contributed by atoms with Gasteiger partial charge in [0.2, 0.25) is 0 Å². The standard InChI is InChI=1S/C13H19BrNO3PS/c1-9(2)17-19(16,18-10(3)4)13(20)15-12-8-6-5-7-11(12)14/h5-10H,1-4H3,(H,15,20). The summed E-state index contributed by atoms with van der Waals surface area (Å²) in [6.45, 7) is 7.16. The average Bonchev–Trinajstić information content (AvgIpc) is 2.29. The molecule has 0 aliphatic carbocycles. The molecule has 1 aromatic carbocycles. The summed E-state index contributed by atoms with van der Waals surface area (Å²) in [5.41, 5.74) is 0.720. The van der Waals surface area contributed by atoms with Gasteiger partial charge in [-0.1, -0.05) is 24.4 Å². The molecule has 0 aromatic heterocycles. The third-order valence-corrected chi connectivity index (χ3v) is 5.54. The van der Waals surface area contributed by atoms with Crippen molar-refractivity contribution in [3.8, 4) is 0 Å². The molecule has 0 bridgehead atoms. The first-order valence-corrected chi connectivity index (χ1v) is 9.02. The van der Waals surface area contributed by atoms with Crippen LogP contribution in [-0.4, -0.2) is 16.9 Å². The van der Waals surface area contributed by atoms with Crippen molar-refractivity contribution in [3.05, 3.63) is 28.7 Å². The minimum atomic E-state index is -3.51. The fourth-order valence-electron chi connectivity index (χ4n) is 1.42. The summed E-state index contributed by atoms with van der Waals surface area (Å²) in [5, 5.41) is 2.93. The molecule has 0 aliphatic heterocycles. The second kappa shape index (κ2) is 7.66. The monoisotopic (exact) mass is 379 g/mol. The summed E-state index contributed by atoms with van der Waals surface area (Å²) >= 11 is 8.62. The second-order valence-electron chi connectivity index (χ2n) is 4.72. The maximum Gasteiger partial charge on any atom is 0.389 e. The van der Waals surface area contributed by atoms with Gasteiger partial charge in [-0.3, -0.25) is 4.57 Å². The SMILES string of the molecule is CC(C)OP(=O)(OC(C)C)C(=S)Nc1ccccc1Br. The lowest BCUT2D eigenvalue weighted by Crippen LogP contribution is -2.18. The van der Waals surface area contributed by atoms with Crippen molar-refractivity contribution in [2.24, 2.45) is 0 Å². The molecule has 0 heterocycles. The molecule has 0 saturated heterocycles. The van der Waals surface area contributed by atoms with E-state index in [4.69, 9.17) is 21.3 Å². The van der Waals surface area contributed by atoms with E-state index in [-0.39, 0.29) is 16.9 Å². The van der Waals surface area contributed by atoms with E-state index in [1.807, 2.05) is 24.3 Å². The Morgan fingerprint density at radius 3 is 2.15 bits per heavy atom. The van der Waals surface area contributed by atoms with Gasteiger partial charge in [-0.15, -0.1) is 0 Å². The Morgan fingerprint density at radius 2 is 1.70 bits per heavy atom. The number of para-hydroxylation sites is 1. The molecule has 1 rings (SSSR count). The number of hydrogen-bond acceptors (Lipinski definition) is 4. The first kappa shape index (κ1) is 17.8. The van der Waals surface area contributed by atoms with Crippen LogP contribution in [0.5, 0.6) is 0 Å². The van der Waals surface area contributed by atoms with Crippen LogP contribution < -0.4 is 5.32 Å². The van der Waals surface area contributed by atoms with Gasteiger partial charge in [0.25, 0.3) is 0 Å². The predicted octanol–water partition coefficient (Wildman–Crippen LogP) is 5.19. The first-order chi connectivity index (χ1) is 9.24. The maximum atomic E-state index is 12.8. The highest BCUT2D eigenvalue weighted by atomic mass is 79.9. The highest BCUT2D eigenvalue weighted by molar-refractivity contribution is 9.10. The van der Waals surface area contributed by atoms with Crippen molar-refractivity contribution in [3.63, 3.8) is 0 Å². The summed E-state index contributed by atoms with van der Waals surface area (Å²) in [7, 11) is -3.51. The minimum absolute atomic E-state index is 0.0619. The molecule has 4 nitrogen and oxygen atoms in total. The fourth-order valence-corrected chi connectivity index (χ4v) is 3.78. The van der Waals surface area contributed by atoms with E-state index in [2.05, 4.69) is 21.2 Å². The second-order valence-corrected chi connectivity index (χ2v) is 8.14. The third kappa shape index (κ3) is 5.26. The number of halogens is 1. The Bertz CT molecular complexity index is 508. The molecule has 20 heavy (non-hydrogen) atoms. The van der Waals surface area contributed by atoms with Crippen molar-refractivity contribution in [2.75, 3.05) is 5.32 Å². The van der Waals surface area contributed by atoms with E-state index in [1.54, 1.807) is 27.7 Å². The molecular weight excluding hydrogens is 361 g/mol. The lowest BCUT2D eigenvalue weighted by molar-refractivity contribution is 0.152. The van der Waals surface area contributed by atoms with E-state index in [1.165, 1.54) is 0 Å². The molecule has 7 heteroatoms. The van der Waals surface area contributed by atoms with E-state index in [0.717, 1.165) is 10.2 Å². The number of thiocarbonyl (C=S) groups is 1. The van der Waals surface area contributed by atoms with Crippen LogP contribution in [-0.2, 0) is 13.6 Å². The van der Waals surface area contributed by atoms with Crippen LogP contribution in [0.3, 0.4) is 0 Å². The Kier molecular flexibility index (Phi) is 6.82. The Balaban J connectivity index is 2.94. The highest BCUT2D eigenvalue weighted by Gasteiger charge is 2.33. The van der Waals surface area contributed by atoms with Gasteiger partial charge in [0, 0.05) is 4.47 Å². The van der Waals surface area contributed by atoms with Crippen LogP contribution in [0, 0.1) is 0 Å². The number of benzene rings is 1. The van der Waals surface area contributed by atoms with Crippen molar-refractivity contribution in [2.45, 2.75) is 39.9 Å². The topological polar surface area (TPSA) is 47.6 Å². The van der Waals surface area contributed by atoms with Gasteiger partial charge in [-0.25, -0.2) is 0 Å². The molecule has 0 saturated carbocycles. The summed E-state index contributed by atoms with van der Waals surface area (Å²) in [6, 6.07) is 7.42. The lowest BCUT2D eigenvalue weighted by atomic mass is 10.3. The largest absolute Gasteiger partial charge is 0.389 e. The summed E-state index contributed by atoms with van der Waals surface area (Å²) < 4.78 is 24.5. The molecule has 0 atom stereocenters. The van der Waals surface area contributed by atoms with Crippen LogP contribution in [0.15, 0.2) is 28.7 Å². The Hall–Kier alpha value is -0.260. The fraction of sp³-hybridized carbons (Fsp3) is 0.462. The van der Waals surface area contributed by atoms with E-state index in [0.29, 0.717) is 0 Å². The van der Waals surface area contributed by atoms with Crippen molar-refractivity contribution in [1.82, 2.24) is 0 Å². The van der Waals surface area contributed by atoms with Crippen LogP contribution in [0.4, 0.5) is 5.69 Å². The molecule has 0 unspecified atom stereocenters. The molecule has 112 valence electrons. The van der Waals surface area contributed by atoms with Crippen LogP contribution in [0.25, 0.3) is 0 Å². The van der Waals surface area contributed by atoms with Crippen molar-refractivity contribution < 1.29 is 13.6 Å². The van der Waals surface area contributed by atoms with E-state index in [9.17, 15) is 4.57 Å². The molecule has 0 spiro atoms. The van der Waals surface area contributed by atoms with Crippen molar-refractivity contribution >= 4 is 46.2 Å². The van der Waals surface area contributed by atoms with E-state index < -0.39 is 7.60 Å². The molecule has 0 amide bonds. The van der Waals surface area contributed by atoms with Crippen LogP contribution in [0.1, 0.15) is 27.7 Å². The van der Waals surface area contributed by atoms with E-state index >= 15 is 0 Å². The molecule has 0 aliphatic rings. The minimum Gasteiger partial charge on any atom is -0.339 e. The number of rotatable bonds is 6. The first-order valence-electron chi connectivity index (χ1n) is 6.27.